The summed E-state index contributed by atoms with van der Waals surface area (Å²) in [5.74, 6) is 1.84. The molecule has 9 nitrogen and oxygen atoms in total. The number of imidazole rings is 1. The van der Waals surface area contributed by atoms with Crippen molar-refractivity contribution in [3.05, 3.63) is 48.3 Å². The number of aliphatic hydroxyl groups is 1. The van der Waals surface area contributed by atoms with Crippen molar-refractivity contribution in [1.82, 2.24) is 24.9 Å². The Labute approximate surface area is 180 Å². The third-order valence-corrected chi connectivity index (χ3v) is 4.96. The average molecular weight is 420 g/mol. The monoisotopic (exact) mass is 420 g/mol. The maximum atomic E-state index is 10.9. The van der Waals surface area contributed by atoms with Gasteiger partial charge in [-0.1, -0.05) is 20.8 Å². The van der Waals surface area contributed by atoms with Crippen molar-refractivity contribution in [2.24, 2.45) is 5.41 Å². The number of pyridine rings is 2. The molecule has 0 unspecified atom stereocenters. The lowest BCUT2D eigenvalue weighted by molar-refractivity contribution is -0.392. The topological polar surface area (TPSA) is 123 Å². The summed E-state index contributed by atoms with van der Waals surface area (Å²) in [6, 6.07) is 5.62. The molecule has 0 aliphatic rings. The van der Waals surface area contributed by atoms with Gasteiger partial charge in [0.05, 0.1) is 25.6 Å². The minimum atomic E-state index is -0.692. The molecular formula is C22H26N7O2+. The van der Waals surface area contributed by atoms with Crippen LogP contribution in [0.2, 0.25) is 0 Å². The number of ether oxygens (including phenoxy) is 1. The molecule has 4 N–H and O–H groups in total. The molecule has 4 aromatic rings. The van der Waals surface area contributed by atoms with E-state index in [9.17, 15) is 5.11 Å². The first-order valence-electron chi connectivity index (χ1n) is 9.95. The van der Waals surface area contributed by atoms with E-state index < -0.39 is 6.10 Å². The van der Waals surface area contributed by atoms with E-state index in [4.69, 9.17) is 4.74 Å². The number of aromatic nitrogens is 6. The molecule has 31 heavy (non-hydrogen) atoms. The summed E-state index contributed by atoms with van der Waals surface area (Å²) in [5.41, 5.74) is 3.84. The number of fused-ring (bicyclic) bond motifs is 1. The first-order chi connectivity index (χ1) is 14.8. The quantitative estimate of drug-likeness (QED) is 0.452. The lowest BCUT2D eigenvalue weighted by Crippen LogP contribution is -2.18. The highest BCUT2D eigenvalue weighted by molar-refractivity contribution is 5.91. The summed E-state index contributed by atoms with van der Waals surface area (Å²) in [6.45, 7) is 7.78. The number of anilines is 2. The Morgan fingerprint density at radius 3 is 2.68 bits per heavy atom. The zero-order valence-electron chi connectivity index (χ0n) is 18.2. The number of nitrogens with one attached hydrogen (secondary N) is 3. The lowest BCUT2D eigenvalue weighted by Gasteiger charge is -2.26. The highest BCUT2D eigenvalue weighted by Gasteiger charge is 2.26. The van der Waals surface area contributed by atoms with Gasteiger partial charge in [-0.3, -0.25) is 0 Å². The van der Waals surface area contributed by atoms with Gasteiger partial charge in [-0.2, -0.15) is 4.98 Å². The molecule has 0 spiro atoms. The largest absolute Gasteiger partial charge is 0.448 e. The molecule has 0 aliphatic heterocycles. The van der Waals surface area contributed by atoms with Crippen LogP contribution in [0.3, 0.4) is 0 Å². The van der Waals surface area contributed by atoms with Crippen LogP contribution in [0.15, 0.2) is 36.9 Å². The second-order valence-corrected chi connectivity index (χ2v) is 8.42. The third-order valence-electron chi connectivity index (χ3n) is 4.96. The van der Waals surface area contributed by atoms with Gasteiger partial charge >= 0.3 is 5.88 Å². The van der Waals surface area contributed by atoms with Crippen molar-refractivity contribution in [1.29, 1.82) is 0 Å². The van der Waals surface area contributed by atoms with Crippen LogP contribution in [0.4, 0.5) is 11.5 Å². The second-order valence-electron chi connectivity index (χ2n) is 8.42. The van der Waals surface area contributed by atoms with Crippen LogP contribution >= 0.6 is 0 Å². The van der Waals surface area contributed by atoms with Crippen LogP contribution in [0.1, 0.15) is 38.3 Å². The zero-order chi connectivity index (χ0) is 22.2. The van der Waals surface area contributed by atoms with E-state index in [0.29, 0.717) is 39.9 Å². The van der Waals surface area contributed by atoms with Gasteiger partial charge < -0.3 is 20.1 Å². The second kappa shape index (κ2) is 7.92. The summed E-state index contributed by atoms with van der Waals surface area (Å²) in [6.07, 6.45) is 4.38. The molecule has 0 bridgehead atoms. The Kier molecular flexibility index (Phi) is 5.28. The van der Waals surface area contributed by atoms with Crippen LogP contribution in [0, 0.1) is 12.3 Å². The fourth-order valence-electron chi connectivity index (χ4n) is 3.30. The molecule has 4 rings (SSSR count). The molecule has 1 atom stereocenters. The SMILES string of the molecule is COc1ccc(Nc2ncc([C@@H](O)C(C)(C)C)cc2-c2nc(C)nc3nc[nH]c23)c[nH+]1. The number of aromatic amines is 2. The van der Waals surface area contributed by atoms with Gasteiger partial charge in [0.2, 0.25) is 0 Å². The smallest absolute Gasteiger partial charge is 0.365 e. The minimum absolute atomic E-state index is 0.344. The third kappa shape index (κ3) is 4.17. The molecule has 4 aromatic heterocycles. The summed E-state index contributed by atoms with van der Waals surface area (Å²) in [4.78, 5) is 24.1. The van der Waals surface area contributed by atoms with Gasteiger partial charge in [0.1, 0.15) is 28.5 Å². The molecular weight excluding hydrogens is 394 g/mol. The Hall–Kier alpha value is -3.59. The van der Waals surface area contributed by atoms with Gasteiger partial charge in [-0.25, -0.2) is 19.9 Å². The van der Waals surface area contributed by atoms with E-state index in [1.165, 1.54) is 0 Å². The highest BCUT2D eigenvalue weighted by Crippen LogP contribution is 2.37. The predicted octanol–water partition coefficient (Wildman–Crippen LogP) is 3.37. The van der Waals surface area contributed by atoms with Crippen molar-refractivity contribution >= 4 is 22.7 Å². The van der Waals surface area contributed by atoms with Gasteiger partial charge in [0, 0.05) is 17.3 Å². The normalized spacial score (nSPS) is 12.7. The van der Waals surface area contributed by atoms with Gasteiger partial charge in [-0.05, 0) is 24.5 Å². The molecule has 160 valence electrons. The maximum Gasteiger partial charge on any atom is 0.365 e. The number of rotatable bonds is 5. The van der Waals surface area contributed by atoms with Crippen LogP contribution < -0.4 is 15.0 Å². The van der Waals surface area contributed by atoms with Crippen molar-refractivity contribution in [3.63, 3.8) is 0 Å². The maximum absolute atomic E-state index is 10.9. The van der Waals surface area contributed by atoms with E-state index >= 15 is 0 Å². The van der Waals surface area contributed by atoms with Gasteiger partial charge in [0.15, 0.2) is 11.8 Å². The van der Waals surface area contributed by atoms with Crippen LogP contribution in [0.25, 0.3) is 22.4 Å². The van der Waals surface area contributed by atoms with E-state index in [1.807, 2.05) is 45.9 Å². The van der Waals surface area contributed by atoms with Gasteiger partial charge in [-0.15, -0.1) is 0 Å². The summed E-state index contributed by atoms with van der Waals surface area (Å²) < 4.78 is 5.18. The summed E-state index contributed by atoms with van der Waals surface area (Å²) in [7, 11) is 1.60. The average Bonchev–Trinajstić information content (AvgIpc) is 3.21. The first-order valence-corrected chi connectivity index (χ1v) is 9.95. The number of H-pyrrole nitrogens is 2. The Morgan fingerprint density at radius 1 is 1.19 bits per heavy atom. The molecule has 0 saturated carbocycles. The number of hydrogen-bond acceptors (Lipinski definition) is 7. The predicted molar refractivity (Wildman–Crippen MR) is 117 cm³/mol. The lowest BCUT2D eigenvalue weighted by atomic mass is 9.85. The molecule has 0 fully saturated rings. The number of aryl methyl sites for hydroxylation is 1. The standard InChI is InChI=1S/C22H25N7O2/c1-12-27-17(18-21(28-12)26-11-25-18)15-8-13(19(30)22(2,3)4)9-24-20(15)29-14-6-7-16(31-5)23-10-14/h6-11,19,30H,1-5H3,(H,24,29)(H,25,26,27,28)/p+1/t19-/m1/s1. The molecule has 0 radical (unpaired) electrons. The molecule has 0 aromatic carbocycles. The first kappa shape index (κ1) is 20.7. The van der Waals surface area contributed by atoms with Gasteiger partial charge in [0.25, 0.3) is 0 Å². The highest BCUT2D eigenvalue weighted by atomic mass is 16.5. The van der Waals surface area contributed by atoms with Crippen LogP contribution in [-0.2, 0) is 0 Å². The fourth-order valence-corrected chi connectivity index (χ4v) is 3.30. The molecule has 0 aliphatic carbocycles. The molecule has 4 heterocycles. The zero-order valence-corrected chi connectivity index (χ0v) is 18.2. The Balaban J connectivity index is 1.87. The number of methoxy groups -OCH3 is 1. The van der Waals surface area contributed by atoms with Crippen molar-refractivity contribution < 1.29 is 14.8 Å². The van der Waals surface area contributed by atoms with E-state index in [-0.39, 0.29) is 5.41 Å². The number of aliphatic hydroxyl groups excluding tert-OH is 1. The van der Waals surface area contributed by atoms with Crippen molar-refractivity contribution in [2.45, 2.75) is 33.8 Å². The molecule has 9 heteroatoms. The molecule has 0 saturated heterocycles. The van der Waals surface area contributed by atoms with Crippen molar-refractivity contribution in [3.8, 4) is 17.1 Å². The van der Waals surface area contributed by atoms with E-state index in [0.717, 1.165) is 11.3 Å². The van der Waals surface area contributed by atoms with Crippen LogP contribution in [-0.4, -0.2) is 37.1 Å². The molecule has 0 amide bonds. The van der Waals surface area contributed by atoms with E-state index in [2.05, 4.69) is 35.2 Å². The number of nitrogens with zero attached hydrogens (tertiary/aromatic N) is 4. The van der Waals surface area contributed by atoms with E-state index in [1.54, 1.807) is 25.8 Å². The Morgan fingerprint density at radius 2 is 2.00 bits per heavy atom. The van der Waals surface area contributed by atoms with Crippen LogP contribution in [0.5, 0.6) is 5.88 Å². The summed E-state index contributed by atoms with van der Waals surface area (Å²) in [5, 5.41) is 14.2. The fraction of sp³-hybridized carbons (Fsp3) is 0.318. The number of hydrogen-bond donors (Lipinski definition) is 3. The minimum Gasteiger partial charge on any atom is -0.448 e. The Bertz CT molecular complexity index is 1210. The van der Waals surface area contributed by atoms with Crippen molar-refractivity contribution in [2.75, 3.05) is 12.4 Å². The summed E-state index contributed by atoms with van der Waals surface area (Å²) >= 11 is 0.